The van der Waals surface area contributed by atoms with Crippen LogP contribution in [0.4, 0.5) is 4.39 Å². The van der Waals surface area contributed by atoms with Gasteiger partial charge in [-0.2, -0.15) is 0 Å². The van der Waals surface area contributed by atoms with Crippen molar-refractivity contribution in [3.8, 4) is 5.75 Å². The van der Waals surface area contributed by atoms with Crippen molar-refractivity contribution >= 4 is 15.9 Å². The van der Waals surface area contributed by atoms with E-state index >= 15 is 0 Å². The van der Waals surface area contributed by atoms with Gasteiger partial charge in [0.2, 0.25) is 0 Å². The molecule has 2 nitrogen and oxygen atoms in total. The molecule has 0 spiro atoms. The van der Waals surface area contributed by atoms with E-state index in [1.807, 2.05) is 31.2 Å². The first-order valence-corrected chi connectivity index (χ1v) is 6.78. The van der Waals surface area contributed by atoms with Crippen LogP contribution in [0, 0.1) is 5.82 Å². The van der Waals surface area contributed by atoms with Crippen LogP contribution in [-0.2, 0) is 6.61 Å². The van der Waals surface area contributed by atoms with E-state index in [-0.39, 0.29) is 11.9 Å². The number of rotatable bonds is 4. The summed E-state index contributed by atoms with van der Waals surface area (Å²) in [5.41, 5.74) is 7.75. The van der Waals surface area contributed by atoms with E-state index in [4.69, 9.17) is 10.5 Å². The summed E-state index contributed by atoms with van der Waals surface area (Å²) in [6, 6.07) is 12.5. The highest BCUT2D eigenvalue weighted by atomic mass is 79.9. The molecular formula is C15H15BrFNO. The highest BCUT2D eigenvalue weighted by Crippen LogP contribution is 2.21. The molecule has 0 radical (unpaired) electrons. The molecule has 0 aliphatic heterocycles. The van der Waals surface area contributed by atoms with Crippen LogP contribution in [0.2, 0.25) is 0 Å². The molecule has 0 unspecified atom stereocenters. The van der Waals surface area contributed by atoms with Crippen LogP contribution in [0.1, 0.15) is 24.1 Å². The predicted octanol–water partition coefficient (Wildman–Crippen LogP) is 4.19. The number of nitrogens with two attached hydrogens (primary N) is 1. The quantitative estimate of drug-likeness (QED) is 0.915. The van der Waals surface area contributed by atoms with Gasteiger partial charge in [-0.15, -0.1) is 0 Å². The molecule has 0 bridgehead atoms. The Morgan fingerprint density at radius 2 is 2.05 bits per heavy atom. The van der Waals surface area contributed by atoms with Crippen molar-refractivity contribution in [2.45, 2.75) is 19.6 Å². The molecule has 0 saturated carbocycles. The van der Waals surface area contributed by atoms with Gasteiger partial charge in [0.25, 0.3) is 0 Å². The smallest absolute Gasteiger partial charge is 0.137 e. The second-order valence-corrected chi connectivity index (χ2v) is 5.25. The summed E-state index contributed by atoms with van der Waals surface area (Å²) < 4.78 is 19.2. The first-order chi connectivity index (χ1) is 9.06. The minimum atomic E-state index is -0.275. The SMILES string of the molecule is C[C@H](N)c1cccc(OCc2ccc(F)c(Br)c2)c1. The Kier molecular flexibility index (Phi) is 4.56. The Hall–Kier alpha value is -1.39. The average molecular weight is 324 g/mol. The fourth-order valence-electron chi connectivity index (χ4n) is 1.68. The summed E-state index contributed by atoms with van der Waals surface area (Å²) in [5.74, 6) is 0.484. The maximum atomic E-state index is 13.1. The number of benzene rings is 2. The van der Waals surface area contributed by atoms with Crippen LogP contribution in [0.5, 0.6) is 5.75 Å². The van der Waals surface area contributed by atoms with Gasteiger partial charge in [-0.05, 0) is 58.2 Å². The third-order valence-corrected chi connectivity index (χ3v) is 3.38. The Morgan fingerprint density at radius 1 is 1.26 bits per heavy atom. The predicted molar refractivity (Wildman–Crippen MR) is 77.5 cm³/mol. The van der Waals surface area contributed by atoms with Crippen LogP contribution < -0.4 is 10.5 Å². The van der Waals surface area contributed by atoms with Crippen LogP contribution in [-0.4, -0.2) is 0 Å². The molecule has 4 heteroatoms. The molecule has 0 aliphatic carbocycles. The summed E-state index contributed by atoms with van der Waals surface area (Å²) in [6.45, 7) is 2.32. The van der Waals surface area contributed by atoms with Crippen LogP contribution in [0.3, 0.4) is 0 Å². The van der Waals surface area contributed by atoms with Crippen molar-refractivity contribution in [3.05, 3.63) is 63.9 Å². The summed E-state index contributed by atoms with van der Waals surface area (Å²) in [4.78, 5) is 0. The summed E-state index contributed by atoms with van der Waals surface area (Å²) >= 11 is 3.16. The molecule has 100 valence electrons. The standard InChI is InChI=1S/C15H15BrFNO/c1-10(18)12-3-2-4-13(8-12)19-9-11-5-6-15(17)14(16)7-11/h2-8,10H,9,18H2,1H3/t10-/m0/s1. The largest absolute Gasteiger partial charge is 0.489 e. The number of hydrogen-bond donors (Lipinski definition) is 1. The Balaban J connectivity index is 2.05. The van der Waals surface area contributed by atoms with Gasteiger partial charge in [0.1, 0.15) is 18.2 Å². The van der Waals surface area contributed by atoms with Crippen molar-refractivity contribution < 1.29 is 9.13 Å². The van der Waals surface area contributed by atoms with E-state index in [2.05, 4.69) is 15.9 Å². The van der Waals surface area contributed by atoms with Gasteiger partial charge in [0, 0.05) is 6.04 Å². The molecule has 0 aliphatic rings. The minimum Gasteiger partial charge on any atom is -0.489 e. The Bertz CT molecular complexity index is 572. The minimum absolute atomic E-state index is 0.0245. The van der Waals surface area contributed by atoms with E-state index < -0.39 is 0 Å². The summed E-state index contributed by atoms with van der Waals surface area (Å²) in [6.07, 6.45) is 0. The van der Waals surface area contributed by atoms with Gasteiger partial charge in [-0.3, -0.25) is 0 Å². The second kappa shape index (κ2) is 6.17. The number of halogens is 2. The lowest BCUT2D eigenvalue weighted by atomic mass is 10.1. The van der Waals surface area contributed by atoms with Gasteiger partial charge in [-0.1, -0.05) is 18.2 Å². The third-order valence-electron chi connectivity index (χ3n) is 2.77. The lowest BCUT2D eigenvalue weighted by molar-refractivity contribution is 0.305. The van der Waals surface area contributed by atoms with E-state index in [0.29, 0.717) is 11.1 Å². The molecule has 0 saturated heterocycles. The highest BCUT2D eigenvalue weighted by molar-refractivity contribution is 9.10. The maximum absolute atomic E-state index is 13.1. The molecule has 19 heavy (non-hydrogen) atoms. The molecule has 0 fully saturated rings. The van der Waals surface area contributed by atoms with Crippen molar-refractivity contribution in [1.29, 1.82) is 0 Å². The molecule has 2 rings (SSSR count). The van der Waals surface area contributed by atoms with Crippen molar-refractivity contribution in [3.63, 3.8) is 0 Å². The maximum Gasteiger partial charge on any atom is 0.137 e. The fraction of sp³-hybridized carbons (Fsp3) is 0.200. The molecule has 0 amide bonds. The third kappa shape index (κ3) is 3.78. The summed E-state index contributed by atoms with van der Waals surface area (Å²) in [7, 11) is 0. The number of hydrogen-bond acceptors (Lipinski definition) is 2. The van der Waals surface area contributed by atoms with Crippen LogP contribution >= 0.6 is 15.9 Å². The molecule has 0 heterocycles. The van der Waals surface area contributed by atoms with Crippen molar-refractivity contribution in [2.75, 3.05) is 0 Å². The summed E-state index contributed by atoms with van der Waals surface area (Å²) in [5, 5.41) is 0. The first-order valence-electron chi connectivity index (χ1n) is 5.98. The van der Waals surface area contributed by atoms with E-state index in [1.54, 1.807) is 12.1 Å². The zero-order chi connectivity index (χ0) is 13.8. The van der Waals surface area contributed by atoms with Crippen molar-refractivity contribution in [1.82, 2.24) is 0 Å². The zero-order valence-electron chi connectivity index (χ0n) is 10.6. The Labute approximate surface area is 120 Å². The van der Waals surface area contributed by atoms with Gasteiger partial charge in [0.15, 0.2) is 0 Å². The lowest BCUT2D eigenvalue weighted by Gasteiger charge is -2.10. The highest BCUT2D eigenvalue weighted by Gasteiger charge is 2.03. The fourth-order valence-corrected chi connectivity index (χ4v) is 2.11. The zero-order valence-corrected chi connectivity index (χ0v) is 12.2. The van der Waals surface area contributed by atoms with Crippen LogP contribution in [0.25, 0.3) is 0 Å². The molecular weight excluding hydrogens is 309 g/mol. The van der Waals surface area contributed by atoms with E-state index in [0.717, 1.165) is 16.9 Å². The van der Waals surface area contributed by atoms with Crippen LogP contribution in [0.15, 0.2) is 46.9 Å². The molecule has 2 aromatic carbocycles. The van der Waals surface area contributed by atoms with Crippen molar-refractivity contribution in [2.24, 2.45) is 5.73 Å². The Morgan fingerprint density at radius 3 is 2.74 bits per heavy atom. The van der Waals surface area contributed by atoms with Gasteiger partial charge in [-0.25, -0.2) is 4.39 Å². The second-order valence-electron chi connectivity index (χ2n) is 4.40. The normalized spacial score (nSPS) is 12.2. The van der Waals surface area contributed by atoms with Gasteiger partial charge >= 0.3 is 0 Å². The van der Waals surface area contributed by atoms with Gasteiger partial charge < -0.3 is 10.5 Å². The molecule has 2 N–H and O–H groups in total. The van der Waals surface area contributed by atoms with E-state index in [1.165, 1.54) is 6.07 Å². The number of ether oxygens (including phenoxy) is 1. The lowest BCUT2D eigenvalue weighted by Crippen LogP contribution is -2.05. The topological polar surface area (TPSA) is 35.2 Å². The molecule has 2 aromatic rings. The monoisotopic (exact) mass is 323 g/mol. The first kappa shape index (κ1) is 14.0. The molecule has 1 atom stereocenters. The van der Waals surface area contributed by atoms with Gasteiger partial charge in [0.05, 0.1) is 4.47 Å². The molecule has 0 aromatic heterocycles. The van der Waals surface area contributed by atoms with E-state index in [9.17, 15) is 4.39 Å². The average Bonchev–Trinajstić information content (AvgIpc) is 2.40.